The number of aliphatic carboxylic acids is 1. The zero-order chi connectivity index (χ0) is 19.9. The molecule has 2 aromatic carbocycles. The van der Waals surface area contributed by atoms with E-state index in [1.54, 1.807) is 12.1 Å². The van der Waals surface area contributed by atoms with Gasteiger partial charge in [0.2, 0.25) is 0 Å². The lowest BCUT2D eigenvalue weighted by Crippen LogP contribution is -2.49. The monoisotopic (exact) mass is 410 g/mol. The van der Waals surface area contributed by atoms with E-state index in [1.165, 1.54) is 44.3 Å². The highest BCUT2D eigenvalue weighted by Crippen LogP contribution is 2.40. The Morgan fingerprint density at radius 1 is 1.19 bits per heavy atom. The number of carboxylic acid groups (broad SMARTS) is 1. The number of nitrogens with zero attached hydrogens (tertiary/aromatic N) is 2. The predicted octanol–water partition coefficient (Wildman–Crippen LogP) is 2.96. The summed E-state index contributed by atoms with van der Waals surface area (Å²) in [6, 6.07) is 9.21. The maximum Gasteiger partial charge on any atom is 0.344 e. The highest BCUT2D eigenvalue weighted by molar-refractivity contribution is 7.94. The lowest BCUT2D eigenvalue weighted by atomic mass is 10.2. The molecular weight excluding hydrogens is 396 g/mol. The number of urea groups is 1. The summed E-state index contributed by atoms with van der Waals surface area (Å²) in [5, 5.41) is 9.05. The van der Waals surface area contributed by atoms with Gasteiger partial charge in [-0.2, -0.15) is 4.31 Å². The Balaban J connectivity index is 2.11. The number of benzene rings is 2. The summed E-state index contributed by atoms with van der Waals surface area (Å²) in [4.78, 5) is 24.7. The molecule has 3 rings (SSSR count). The number of hydrogen-bond acceptors (Lipinski definition) is 5. The van der Waals surface area contributed by atoms with E-state index in [0.717, 1.165) is 4.90 Å². The van der Waals surface area contributed by atoms with E-state index in [0.29, 0.717) is 4.31 Å². The second-order valence-corrected chi connectivity index (χ2v) is 7.95. The van der Waals surface area contributed by atoms with Crippen LogP contribution in [0.15, 0.2) is 47.4 Å². The number of amides is 2. The second kappa shape index (κ2) is 6.75. The summed E-state index contributed by atoms with van der Waals surface area (Å²) < 4.78 is 32.0. The number of fused-ring (bicyclic) bond motifs is 1. The average molecular weight is 411 g/mol. The quantitative estimate of drug-likeness (QED) is 0.830. The zero-order valence-electron chi connectivity index (χ0n) is 14.3. The Hall–Kier alpha value is -2.78. The molecule has 1 N–H and O–H groups in total. The van der Waals surface area contributed by atoms with Gasteiger partial charge in [0.1, 0.15) is 10.6 Å². The third-order valence-corrected chi connectivity index (χ3v) is 6.06. The van der Waals surface area contributed by atoms with Crippen LogP contribution < -0.4 is 13.9 Å². The van der Waals surface area contributed by atoms with Crippen LogP contribution in [-0.4, -0.2) is 38.7 Å². The van der Waals surface area contributed by atoms with Crippen LogP contribution in [0.25, 0.3) is 0 Å². The first-order chi connectivity index (χ1) is 12.6. The van der Waals surface area contributed by atoms with Crippen LogP contribution >= 0.6 is 11.6 Å². The smallest absolute Gasteiger partial charge is 0.344 e. The van der Waals surface area contributed by atoms with Gasteiger partial charge in [-0.3, -0.25) is 4.90 Å². The van der Waals surface area contributed by atoms with Gasteiger partial charge in [0.25, 0.3) is 10.0 Å². The fourth-order valence-corrected chi connectivity index (χ4v) is 4.51. The number of ether oxygens (including phenoxy) is 1. The van der Waals surface area contributed by atoms with E-state index in [1.807, 2.05) is 0 Å². The van der Waals surface area contributed by atoms with Gasteiger partial charge in [-0.25, -0.2) is 18.0 Å². The van der Waals surface area contributed by atoms with Crippen LogP contribution in [0.1, 0.15) is 6.92 Å². The number of rotatable bonds is 4. The molecule has 0 spiro atoms. The molecule has 1 heterocycles. The normalized spacial score (nSPS) is 16.6. The number of para-hydroxylation sites is 1. The fraction of sp³-hybridized carbons (Fsp3) is 0.176. The maximum atomic E-state index is 13.0. The van der Waals surface area contributed by atoms with Crippen molar-refractivity contribution in [2.75, 3.05) is 16.3 Å². The summed E-state index contributed by atoms with van der Waals surface area (Å²) in [5.74, 6) is -1.04. The van der Waals surface area contributed by atoms with Crippen LogP contribution in [0.4, 0.5) is 16.2 Å². The Morgan fingerprint density at radius 3 is 2.48 bits per heavy atom. The van der Waals surface area contributed by atoms with Gasteiger partial charge in [-0.1, -0.05) is 23.7 Å². The van der Waals surface area contributed by atoms with E-state index in [9.17, 15) is 18.0 Å². The predicted molar refractivity (Wildman–Crippen MR) is 99.1 cm³/mol. The van der Waals surface area contributed by atoms with Gasteiger partial charge in [-0.15, -0.1) is 0 Å². The highest BCUT2D eigenvalue weighted by atomic mass is 35.5. The average Bonchev–Trinajstić information content (AvgIpc) is 2.61. The standard InChI is InChI=1S/C17H15ClN2O6S/c1-10(16(21)22)26-11-7-8-15-14(9-11)19(2)17(23)20(27(15,24)25)13-6-4-3-5-12(13)18/h3-10H,1-2H3,(H,21,22)/t10-/m1/s1. The van der Waals surface area contributed by atoms with Crippen molar-refractivity contribution in [1.29, 1.82) is 0 Å². The highest BCUT2D eigenvalue weighted by Gasteiger charge is 2.42. The van der Waals surface area contributed by atoms with Crippen molar-refractivity contribution >= 4 is 45.0 Å². The molecule has 10 heteroatoms. The van der Waals surface area contributed by atoms with Gasteiger partial charge in [-0.05, 0) is 31.2 Å². The van der Waals surface area contributed by atoms with Crippen molar-refractivity contribution in [2.24, 2.45) is 0 Å². The van der Waals surface area contributed by atoms with Crippen LogP contribution in [0, 0.1) is 0 Å². The number of carboxylic acids is 1. The lowest BCUT2D eigenvalue weighted by molar-refractivity contribution is -0.144. The Labute approximate surface area is 160 Å². The number of halogens is 1. The summed E-state index contributed by atoms with van der Waals surface area (Å²) in [5.41, 5.74) is 0.125. The Kier molecular flexibility index (Phi) is 4.75. The Morgan fingerprint density at radius 2 is 1.85 bits per heavy atom. The fourth-order valence-electron chi connectivity index (χ4n) is 2.59. The van der Waals surface area contributed by atoms with Crippen LogP contribution in [0.5, 0.6) is 5.75 Å². The van der Waals surface area contributed by atoms with Gasteiger partial charge in [0.15, 0.2) is 6.10 Å². The van der Waals surface area contributed by atoms with Crippen molar-refractivity contribution < 1.29 is 27.9 Å². The molecule has 0 unspecified atom stereocenters. The van der Waals surface area contributed by atoms with Crippen molar-refractivity contribution in [3.63, 3.8) is 0 Å². The van der Waals surface area contributed by atoms with Crippen molar-refractivity contribution in [1.82, 2.24) is 0 Å². The molecule has 142 valence electrons. The topological polar surface area (TPSA) is 104 Å². The molecule has 1 aliphatic heterocycles. The minimum Gasteiger partial charge on any atom is -0.479 e. The first kappa shape index (κ1) is 19.0. The third kappa shape index (κ3) is 3.19. The van der Waals surface area contributed by atoms with Crippen molar-refractivity contribution in [2.45, 2.75) is 17.9 Å². The summed E-state index contributed by atoms with van der Waals surface area (Å²) >= 11 is 6.08. The SMILES string of the molecule is C[C@@H](Oc1ccc2c(c1)N(C)C(=O)N(c1ccccc1Cl)S2(=O)=O)C(=O)O. The van der Waals surface area contributed by atoms with Gasteiger partial charge in [0.05, 0.1) is 16.4 Å². The molecule has 0 bridgehead atoms. The second-order valence-electron chi connectivity index (χ2n) is 5.79. The van der Waals surface area contributed by atoms with Crippen LogP contribution in [-0.2, 0) is 14.8 Å². The zero-order valence-corrected chi connectivity index (χ0v) is 15.9. The minimum atomic E-state index is -4.22. The number of sulfonamides is 1. The van der Waals surface area contributed by atoms with E-state index >= 15 is 0 Å². The molecule has 8 nitrogen and oxygen atoms in total. The van der Waals surface area contributed by atoms with E-state index < -0.39 is 28.1 Å². The van der Waals surface area contributed by atoms with E-state index in [-0.39, 0.29) is 27.0 Å². The Bertz CT molecular complexity index is 1040. The third-order valence-electron chi connectivity index (χ3n) is 4.00. The molecule has 0 aromatic heterocycles. The number of carbonyl (C=O) groups is 2. The van der Waals surface area contributed by atoms with Gasteiger partial charge < -0.3 is 9.84 Å². The molecule has 0 saturated heterocycles. The van der Waals surface area contributed by atoms with E-state index in [4.69, 9.17) is 21.4 Å². The molecule has 0 radical (unpaired) electrons. The van der Waals surface area contributed by atoms with Crippen LogP contribution in [0.2, 0.25) is 5.02 Å². The summed E-state index contributed by atoms with van der Waals surface area (Å²) in [6.07, 6.45) is -1.14. The van der Waals surface area contributed by atoms with Crippen molar-refractivity contribution in [3.05, 3.63) is 47.5 Å². The maximum absolute atomic E-state index is 13.0. The largest absolute Gasteiger partial charge is 0.479 e. The van der Waals surface area contributed by atoms with Crippen LogP contribution in [0.3, 0.4) is 0 Å². The number of carbonyl (C=O) groups excluding carboxylic acids is 1. The molecule has 1 atom stereocenters. The van der Waals surface area contributed by atoms with Crippen molar-refractivity contribution in [3.8, 4) is 5.75 Å². The lowest BCUT2D eigenvalue weighted by Gasteiger charge is -2.34. The molecule has 27 heavy (non-hydrogen) atoms. The van der Waals surface area contributed by atoms with E-state index in [2.05, 4.69) is 0 Å². The summed E-state index contributed by atoms with van der Waals surface area (Å²) in [6.45, 7) is 1.34. The van der Waals surface area contributed by atoms with Gasteiger partial charge >= 0.3 is 12.0 Å². The molecule has 0 aliphatic carbocycles. The number of hydrogen-bond donors (Lipinski definition) is 1. The molecule has 2 amide bonds. The number of anilines is 2. The molecule has 0 fully saturated rings. The minimum absolute atomic E-state index is 0.0430. The summed E-state index contributed by atoms with van der Waals surface area (Å²) in [7, 11) is -2.81. The first-order valence-corrected chi connectivity index (χ1v) is 9.57. The molecular formula is C17H15ClN2O6S. The molecule has 0 saturated carbocycles. The molecule has 2 aromatic rings. The molecule has 1 aliphatic rings. The van der Waals surface area contributed by atoms with Gasteiger partial charge in [0, 0.05) is 13.1 Å². The first-order valence-electron chi connectivity index (χ1n) is 7.75.